The molecule has 38 heavy (non-hydrogen) atoms. The summed E-state index contributed by atoms with van der Waals surface area (Å²) in [7, 11) is 0. The molecule has 0 bridgehead atoms. The first kappa shape index (κ1) is 30.5. The fraction of sp³-hybridized carbons (Fsp3) is 0.429. The summed E-state index contributed by atoms with van der Waals surface area (Å²) in [5.41, 5.74) is 12.5. The molecule has 10 heteroatoms. The molecule has 6 N–H and O–H groups in total. The molecule has 1 aliphatic carbocycles. The molecule has 1 saturated carbocycles. The summed E-state index contributed by atoms with van der Waals surface area (Å²) < 4.78 is 9.52. The van der Waals surface area contributed by atoms with E-state index in [9.17, 15) is 29.4 Å². The van der Waals surface area contributed by atoms with Crippen molar-refractivity contribution in [2.24, 2.45) is 22.3 Å². The molecule has 2 aromatic rings. The minimum atomic E-state index is -2.21. The number of carbonyl (C=O) groups excluding carboxylic acids is 2. The Morgan fingerprint density at radius 3 is 1.53 bits per heavy atom. The lowest BCUT2D eigenvalue weighted by Gasteiger charge is -2.45. The van der Waals surface area contributed by atoms with Gasteiger partial charge in [0.05, 0.1) is 11.1 Å². The van der Waals surface area contributed by atoms with Crippen LogP contribution in [0.4, 0.5) is 0 Å². The SMILES string of the molecule is CC1(C)C[C@H](N)C[C@](C)(CN)C1.O=C(O[C@H](C(=O)O)[C@H](OC(=O)c1ccccc1)C(=O)O)c1ccccc1. The molecular weight excluding hydrogens is 492 g/mol. The second-order valence-electron chi connectivity index (χ2n) is 10.6. The number of esters is 2. The van der Waals surface area contributed by atoms with Crippen molar-refractivity contribution >= 4 is 23.9 Å². The number of ether oxygens (including phenoxy) is 2. The third-order valence-electron chi connectivity index (χ3n) is 6.22. The Labute approximate surface area is 221 Å². The zero-order valence-corrected chi connectivity index (χ0v) is 21.8. The van der Waals surface area contributed by atoms with E-state index in [0.29, 0.717) is 11.5 Å². The molecule has 3 rings (SSSR count). The van der Waals surface area contributed by atoms with Crippen molar-refractivity contribution in [1.29, 1.82) is 0 Å². The average Bonchev–Trinajstić information content (AvgIpc) is 2.85. The van der Waals surface area contributed by atoms with E-state index in [1.807, 2.05) is 0 Å². The van der Waals surface area contributed by atoms with Gasteiger partial charge in [-0.2, -0.15) is 0 Å². The minimum Gasteiger partial charge on any atom is -0.478 e. The van der Waals surface area contributed by atoms with Gasteiger partial charge in [-0.05, 0) is 60.9 Å². The summed E-state index contributed by atoms with van der Waals surface area (Å²) in [6.07, 6.45) is -0.986. The Bertz CT molecular complexity index is 1040. The highest BCUT2D eigenvalue weighted by molar-refractivity contribution is 5.95. The maximum absolute atomic E-state index is 12.0. The lowest BCUT2D eigenvalue weighted by molar-refractivity contribution is -0.166. The first-order valence-corrected chi connectivity index (χ1v) is 12.2. The third kappa shape index (κ3) is 8.97. The maximum Gasteiger partial charge on any atom is 0.349 e. The van der Waals surface area contributed by atoms with Crippen molar-refractivity contribution in [3.63, 3.8) is 0 Å². The van der Waals surface area contributed by atoms with Crippen molar-refractivity contribution in [2.75, 3.05) is 6.54 Å². The maximum atomic E-state index is 12.0. The number of carboxylic acid groups (broad SMARTS) is 2. The van der Waals surface area contributed by atoms with Gasteiger partial charge in [-0.3, -0.25) is 0 Å². The first-order valence-electron chi connectivity index (χ1n) is 12.2. The van der Waals surface area contributed by atoms with E-state index < -0.39 is 36.1 Å². The van der Waals surface area contributed by atoms with Crippen LogP contribution in [-0.4, -0.2) is 58.9 Å². The predicted molar refractivity (Wildman–Crippen MR) is 139 cm³/mol. The van der Waals surface area contributed by atoms with Crippen LogP contribution in [0.3, 0.4) is 0 Å². The lowest BCUT2D eigenvalue weighted by atomic mass is 9.63. The quantitative estimate of drug-likeness (QED) is 0.372. The number of rotatable bonds is 8. The topological polar surface area (TPSA) is 179 Å². The number of nitrogens with two attached hydrogens (primary N) is 2. The van der Waals surface area contributed by atoms with Gasteiger partial charge >= 0.3 is 23.9 Å². The number of hydrogen-bond donors (Lipinski definition) is 4. The Morgan fingerprint density at radius 1 is 0.816 bits per heavy atom. The molecule has 0 amide bonds. The molecular formula is C28H36N2O8. The van der Waals surface area contributed by atoms with E-state index >= 15 is 0 Å². The molecule has 0 radical (unpaired) electrons. The van der Waals surface area contributed by atoms with Crippen LogP contribution in [0.1, 0.15) is 60.7 Å². The Kier molecular flexibility index (Phi) is 10.5. The van der Waals surface area contributed by atoms with Crippen LogP contribution in [0, 0.1) is 10.8 Å². The zero-order valence-electron chi connectivity index (χ0n) is 21.8. The van der Waals surface area contributed by atoms with Crippen molar-refractivity contribution in [3.05, 3.63) is 71.8 Å². The van der Waals surface area contributed by atoms with E-state index in [1.54, 1.807) is 12.1 Å². The summed E-state index contributed by atoms with van der Waals surface area (Å²) in [4.78, 5) is 46.8. The Balaban J connectivity index is 0.000000352. The monoisotopic (exact) mass is 528 g/mol. The summed E-state index contributed by atoms with van der Waals surface area (Å²) in [5.74, 6) is -5.63. The number of aliphatic carboxylic acids is 2. The molecule has 4 atom stereocenters. The molecule has 2 aromatic carbocycles. The normalized spacial score (nSPS) is 21.6. The van der Waals surface area contributed by atoms with Crippen LogP contribution in [-0.2, 0) is 19.1 Å². The highest BCUT2D eigenvalue weighted by Gasteiger charge is 2.41. The molecule has 206 valence electrons. The molecule has 0 saturated heterocycles. The molecule has 0 aliphatic heterocycles. The Hall–Kier alpha value is -3.76. The standard InChI is InChI=1S/C18H14O8.C10H22N2/c19-15(20)13(25-17(23)11-7-3-1-4-8-11)14(16(21)22)26-18(24)12-9-5-2-6-10-12;1-9(2)4-8(12)5-10(3,6-9)7-11/h1-10,13-14H,(H,19,20)(H,21,22);8H,4-7,11-12H2,1-3H3/t13-,14-;8-,10-/m00/s1. The van der Waals surface area contributed by atoms with Crippen molar-refractivity contribution in [1.82, 2.24) is 0 Å². The van der Waals surface area contributed by atoms with Crippen LogP contribution < -0.4 is 11.5 Å². The number of carboxylic acids is 2. The number of carbonyl (C=O) groups is 4. The Morgan fingerprint density at radius 2 is 1.21 bits per heavy atom. The van der Waals surface area contributed by atoms with Crippen LogP contribution in [0.15, 0.2) is 60.7 Å². The highest BCUT2D eigenvalue weighted by atomic mass is 16.6. The van der Waals surface area contributed by atoms with E-state index in [2.05, 4.69) is 20.8 Å². The van der Waals surface area contributed by atoms with E-state index in [-0.39, 0.29) is 16.5 Å². The van der Waals surface area contributed by atoms with Crippen molar-refractivity contribution in [2.45, 2.75) is 58.3 Å². The predicted octanol–water partition coefficient (Wildman–Crippen LogP) is 3.10. The molecule has 0 heterocycles. The van der Waals surface area contributed by atoms with E-state index in [4.69, 9.17) is 20.9 Å². The van der Waals surface area contributed by atoms with Crippen LogP contribution >= 0.6 is 0 Å². The molecule has 0 unspecified atom stereocenters. The van der Waals surface area contributed by atoms with E-state index in [1.165, 1.54) is 55.0 Å². The fourth-order valence-electron chi connectivity index (χ4n) is 4.87. The van der Waals surface area contributed by atoms with E-state index in [0.717, 1.165) is 19.4 Å². The van der Waals surface area contributed by atoms with Crippen LogP contribution in [0.2, 0.25) is 0 Å². The van der Waals surface area contributed by atoms with Gasteiger partial charge < -0.3 is 31.2 Å². The third-order valence-corrected chi connectivity index (χ3v) is 6.22. The summed E-state index contributed by atoms with van der Waals surface area (Å²) in [5, 5.41) is 18.5. The van der Waals surface area contributed by atoms with Gasteiger partial charge in [-0.15, -0.1) is 0 Å². The minimum absolute atomic E-state index is 0.0253. The summed E-state index contributed by atoms with van der Waals surface area (Å²) in [6, 6.07) is 15.2. The van der Waals surface area contributed by atoms with Crippen LogP contribution in [0.25, 0.3) is 0 Å². The van der Waals surface area contributed by atoms with Gasteiger partial charge in [0.1, 0.15) is 0 Å². The number of hydrogen-bond acceptors (Lipinski definition) is 8. The molecule has 0 spiro atoms. The zero-order chi connectivity index (χ0) is 28.5. The van der Waals surface area contributed by atoms with Gasteiger partial charge in [-0.1, -0.05) is 57.2 Å². The molecule has 1 fully saturated rings. The van der Waals surface area contributed by atoms with Gasteiger partial charge in [0.15, 0.2) is 0 Å². The van der Waals surface area contributed by atoms with Crippen LogP contribution in [0.5, 0.6) is 0 Å². The second-order valence-corrected chi connectivity index (χ2v) is 10.6. The van der Waals surface area contributed by atoms with Gasteiger partial charge in [0.2, 0.25) is 12.2 Å². The first-order chi connectivity index (χ1) is 17.8. The van der Waals surface area contributed by atoms with Gasteiger partial charge in [0.25, 0.3) is 0 Å². The number of benzene rings is 2. The van der Waals surface area contributed by atoms with Gasteiger partial charge in [-0.25, -0.2) is 19.2 Å². The van der Waals surface area contributed by atoms with Crippen molar-refractivity contribution < 1.29 is 38.9 Å². The molecule has 0 aromatic heterocycles. The highest BCUT2D eigenvalue weighted by Crippen LogP contribution is 2.44. The summed E-state index contributed by atoms with van der Waals surface area (Å²) >= 11 is 0. The smallest absolute Gasteiger partial charge is 0.349 e. The second kappa shape index (κ2) is 13.2. The van der Waals surface area contributed by atoms with Crippen molar-refractivity contribution in [3.8, 4) is 0 Å². The molecule has 1 aliphatic rings. The average molecular weight is 529 g/mol. The van der Waals surface area contributed by atoms with Gasteiger partial charge in [0, 0.05) is 6.04 Å². The lowest BCUT2D eigenvalue weighted by Crippen LogP contribution is -2.45. The largest absolute Gasteiger partial charge is 0.478 e. The summed E-state index contributed by atoms with van der Waals surface area (Å²) in [6.45, 7) is 7.61. The fourth-order valence-corrected chi connectivity index (χ4v) is 4.87. The molecule has 10 nitrogen and oxygen atoms in total.